The number of carbonyl (C=O) groups excluding carboxylic acids is 4. The maximum atomic E-state index is 13.1. The summed E-state index contributed by atoms with van der Waals surface area (Å²) < 4.78 is 0. The molecule has 0 radical (unpaired) electrons. The number of para-hydroxylation sites is 1. The van der Waals surface area contributed by atoms with E-state index in [2.05, 4.69) is 20.9 Å². The quantitative estimate of drug-likeness (QED) is 0.530. The summed E-state index contributed by atoms with van der Waals surface area (Å²) in [6.07, 6.45) is 3.93. The van der Waals surface area contributed by atoms with Gasteiger partial charge in [0, 0.05) is 56.0 Å². The maximum Gasteiger partial charge on any atom is 0.242 e. The van der Waals surface area contributed by atoms with Crippen molar-refractivity contribution in [1.82, 2.24) is 25.8 Å². The second-order valence-electron chi connectivity index (χ2n) is 9.64. The van der Waals surface area contributed by atoms with Gasteiger partial charge in [0.25, 0.3) is 0 Å². The number of fused-ring (bicyclic) bond motifs is 1. The Hall–Kier alpha value is -3.36. The molecule has 2 aromatic rings. The summed E-state index contributed by atoms with van der Waals surface area (Å²) in [5, 5.41) is 9.43. The summed E-state index contributed by atoms with van der Waals surface area (Å²) in [6, 6.07) is 6.20. The Morgan fingerprint density at radius 2 is 1.80 bits per heavy atom. The van der Waals surface area contributed by atoms with Gasteiger partial charge in [-0.05, 0) is 37.3 Å². The Labute approximate surface area is 206 Å². The van der Waals surface area contributed by atoms with Gasteiger partial charge in [0.1, 0.15) is 12.1 Å². The van der Waals surface area contributed by atoms with Crippen LogP contribution < -0.4 is 16.0 Å². The molecular weight excluding hydrogens is 446 g/mol. The van der Waals surface area contributed by atoms with Crippen molar-refractivity contribution in [2.24, 2.45) is 5.92 Å². The molecule has 1 aliphatic heterocycles. The van der Waals surface area contributed by atoms with E-state index < -0.39 is 18.0 Å². The number of hydrogen-bond acceptors (Lipinski definition) is 4. The van der Waals surface area contributed by atoms with Crippen LogP contribution in [-0.4, -0.2) is 65.2 Å². The Morgan fingerprint density at radius 1 is 1.06 bits per heavy atom. The minimum Gasteiger partial charge on any atom is -0.361 e. The SMILES string of the molecule is CC(C)CC(=O)N1CCCNC(=O)[C@@H](Cc2c[nH]c3ccccc23)NC(=O)[C@H](C)NC(=O)CCC1. The predicted molar refractivity (Wildman–Crippen MR) is 134 cm³/mol. The largest absolute Gasteiger partial charge is 0.361 e. The molecule has 0 saturated carbocycles. The van der Waals surface area contributed by atoms with Crippen molar-refractivity contribution in [1.29, 1.82) is 0 Å². The molecule has 9 nitrogen and oxygen atoms in total. The van der Waals surface area contributed by atoms with Crippen LogP contribution in [0.15, 0.2) is 30.5 Å². The summed E-state index contributed by atoms with van der Waals surface area (Å²) in [7, 11) is 0. The average molecular weight is 484 g/mol. The minimum absolute atomic E-state index is 0.0541. The molecule has 1 aromatic heterocycles. The number of aromatic nitrogens is 1. The van der Waals surface area contributed by atoms with E-state index in [9.17, 15) is 19.2 Å². The predicted octanol–water partition coefficient (Wildman–Crippen LogP) is 1.87. The first-order valence-corrected chi connectivity index (χ1v) is 12.4. The maximum absolute atomic E-state index is 13.1. The lowest BCUT2D eigenvalue weighted by molar-refractivity contribution is -0.132. The molecule has 0 unspecified atom stereocenters. The number of nitrogens with one attached hydrogen (secondary N) is 4. The summed E-state index contributed by atoms with van der Waals surface area (Å²) in [4.78, 5) is 55.9. The molecule has 0 spiro atoms. The van der Waals surface area contributed by atoms with Gasteiger partial charge in [0.05, 0.1) is 0 Å². The molecule has 2 atom stereocenters. The minimum atomic E-state index is -0.801. The van der Waals surface area contributed by atoms with Crippen LogP contribution in [0.1, 0.15) is 52.0 Å². The van der Waals surface area contributed by atoms with Crippen molar-refractivity contribution in [3.8, 4) is 0 Å². The Morgan fingerprint density at radius 3 is 2.57 bits per heavy atom. The van der Waals surface area contributed by atoms with E-state index in [-0.39, 0.29) is 30.1 Å². The van der Waals surface area contributed by atoms with E-state index in [1.807, 2.05) is 44.3 Å². The molecular formula is C26H37N5O4. The number of amides is 4. The summed E-state index contributed by atoms with van der Waals surface area (Å²) >= 11 is 0. The highest BCUT2D eigenvalue weighted by Crippen LogP contribution is 2.19. The zero-order valence-corrected chi connectivity index (χ0v) is 20.9. The van der Waals surface area contributed by atoms with Gasteiger partial charge in [-0.2, -0.15) is 0 Å². The van der Waals surface area contributed by atoms with E-state index in [1.54, 1.807) is 11.8 Å². The van der Waals surface area contributed by atoms with Crippen LogP contribution in [0, 0.1) is 5.92 Å². The third-order valence-corrected chi connectivity index (χ3v) is 6.17. The summed E-state index contributed by atoms with van der Waals surface area (Å²) in [5.41, 5.74) is 1.87. The molecule has 0 bridgehead atoms. The molecule has 0 aliphatic carbocycles. The molecule has 9 heteroatoms. The summed E-state index contributed by atoms with van der Waals surface area (Å²) in [6.45, 7) is 6.96. The Balaban J connectivity index is 1.75. The first-order chi connectivity index (χ1) is 16.7. The van der Waals surface area contributed by atoms with Crippen LogP contribution in [0.2, 0.25) is 0 Å². The molecule has 3 rings (SSSR count). The Kier molecular flexibility index (Phi) is 9.28. The first kappa shape index (κ1) is 26.2. The van der Waals surface area contributed by atoms with Crippen LogP contribution in [0.4, 0.5) is 0 Å². The van der Waals surface area contributed by atoms with Gasteiger partial charge in [0.2, 0.25) is 23.6 Å². The van der Waals surface area contributed by atoms with Crippen molar-refractivity contribution >= 4 is 34.5 Å². The molecule has 190 valence electrons. The van der Waals surface area contributed by atoms with Gasteiger partial charge in [0.15, 0.2) is 0 Å². The number of nitrogens with zero attached hydrogens (tertiary/aromatic N) is 1. The van der Waals surface area contributed by atoms with E-state index >= 15 is 0 Å². The number of hydrogen-bond donors (Lipinski definition) is 4. The average Bonchev–Trinajstić information content (AvgIpc) is 3.21. The van der Waals surface area contributed by atoms with Crippen molar-refractivity contribution in [2.75, 3.05) is 19.6 Å². The normalized spacial score (nSPS) is 21.1. The van der Waals surface area contributed by atoms with E-state index in [4.69, 9.17) is 0 Å². The van der Waals surface area contributed by atoms with Crippen LogP contribution in [0.3, 0.4) is 0 Å². The molecule has 1 saturated heterocycles. The van der Waals surface area contributed by atoms with Crippen molar-refractivity contribution in [3.63, 3.8) is 0 Å². The highest BCUT2D eigenvalue weighted by molar-refractivity contribution is 5.92. The summed E-state index contributed by atoms with van der Waals surface area (Å²) in [5.74, 6) is -0.667. The number of H-pyrrole nitrogens is 1. The third kappa shape index (κ3) is 7.56. The van der Waals surface area contributed by atoms with Crippen LogP contribution in [0.5, 0.6) is 0 Å². The van der Waals surface area contributed by atoms with Gasteiger partial charge < -0.3 is 25.8 Å². The standard InChI is InChI=1S/C26H37N5O4/c1-17(2)14-24(33)31-12-6-10-23(32)29-18(3)25(34)30-22(26(35)27-11-7-13-31)15-19-16-28-21-9-5-4-8-20(19)21/h4-5,8-9,16-18,22,28H,6-7,10-15H2,1-3H3,(H,27,35)(H,29,32)(H,30,34)/t18-,22+/m0/s1. The zero-order chi connectivity index (χ0) is 25.4. The fourth-order valence-corrected chi connectivity index (χ4v) is 4.28. The smallest absolute Gasteiger partial charge is 0.242 e. The van der Waals surface area contributed by atoms with Crippen molar-refractivity contribution in [2.45, 2.75) is 65.0 Å². The number of rotatable bonds is 4. The lowest BCUT2D eigenvalue weighted by Gasteiger charge is -2.24. The topological polar surface area (TPSA) is 123 Å². The van der Waals surface area contributed by atoms with Gasteiger partial charge >= 0.3 is 0 Å². The second-order valence-corrected chi connectivity index (χ2v) is 9.64. The fraction of sp³-hybridized carbons (Fsp3) is 0.538. The first-order valence-electron chi connectivity index (χ1n) is 12.4. The van der Waals surface area contributed by atoms with Gasteiger partial charge in [-0.25, -0.2) is 0 Å². The molecule has 1 aliphatic rings. The van der Waals surface area contributed by atoms with Crippen LogP contribution in [0.25, 0.3) is 10.9 Å². The molecule has 2 heterocycles. The molecule has 1 fully saturated rings. The van der Waals surface area contributed by atoms with E-state index in [0.29, 0.717) is 45.3 Å². The van der Waals surface area contributed by atoms with E-state index in [0.717, 1.165) is 16.5 Å². The molecule has 4 amide bonds. The van der Waals surface area contributed by atoms with Crippen LogP contribution in [-0.2, 0) is 25.6 Å². The van der Waals surface area contributed by atoms with Gasteiger partial charge in [-0.3, -0.25) is 19.2 Å². The highest BCUT2D eigenvalue weighted by Gasteiger charge is 2.26. The van der Waals surface area contributed by atoms with Crippen molar-refractivity contribution < 1.29 is 19.2 Å². The highest BCUT2D eigenvalue weighted by atomic mass is 16.2. The molecule has 35 heavy (non-hydrogen) atoms. The Bertz CT molecular complexity index is 1050. The fourth-order valence-electron chi connectivity index (χ4n) is 4.28. The number of carbonyl (C=O) groups is 4. The second kappa shape index (κ2) is 12.4. The third-order valence-electron chi connectivity index (χ3n) is 6.17. The lowest BCUT2D eigenvalue weighted by atomic mass is 10.0. The van der Waals surface area contributed by atoms with E-state index in [1.165, 1.54) is 0 Å². The molecule has 4 N–H and O–H groups in total. The lowest BCUT2D eigenvalue weighted by Crippen LogP contribution is -2.53. The van der Waals surface area contributed by atoms with Gasteiger partial charge in [-0.1, -0.05) is 32.0 Å². The van der Waals surface area contributed by atoms with Crippen LogP contribution >= 0.6 is 0 Å². The number of benzene rings is 1. The van der Waals surface area contributed by atoms with Crippen molar-refractivity contribution in [3.05, 3.63) is 36.0 Å². The number of aromatic amines is 1. The zero-order valence-electron chi connectivity index (χ0n) is 20.9. The molecule has 1 aromatic carbocycles. The van der Waals surface area contributed by atoms with Gasteiger partial charge in [-0.15, -0.1) is 0 Å². The monoisotopic (exact) mass is 483 g/mol.